The molecule has 1 fully saturated rings. The monoisotopic (exact) mass is 263 g/mol. The maximum absolute atomic E-state index is 6.00. The molecule has 18 heavy (non-hydrogen) atoms. The third kappa shape index (κ3) is 2.83. The summed E-state index contributed by atoms with van der Waals surface area (Å²) in [6.45, 7) is 0. The maximum Gasteiger partial charge on any atom is 0.122 e. The van der Waals surface area contributed by atoms with Crippen LogP contribution < -0.4 is 10.5 Å². The Balaban J connectivity index is 2.31. The highest BCUT2D eigenvalue weighted by Gasteiger charge is 2.29. The molecule has 3 heteroatoms. The van der Waals surface area contributed by atoms with Gasteiger partial charge in [0.05, 0.1) is 12.1 Å². The summed E-state index contributed by atoms with van der Waals surface area (Å²) in [5.41, 5.74) is 7.15. The summed E-state index contributed by atoms with van der Waals surface area (Å²) >= 11 is 5.31. The predicted molar refractivity (Wildman–Crippen MR) is 79.1 cm³/mol. The summed E-state index contributed by atoms with van der Waals surface area (Å²) in [6, 6.07) is 8.10. The van der Waals surface area contributed by atoms with Gasteiger partial charge in [0.1, 0.15) is 5.75 Å². The SMILES string of the molecule is COc1ccccc1C(C(N)=S)C1CCCCC1. The molecule has 1 unspecified atom stereocenters. The fourth-order valence-electron chi connectivity index (χ4n) is 3.03. The summed E-state index contributed by atoms with van der Waals surface area (Å²) < 4.78 is 5.45. The normalized spacial score (nSPS) is 18.3. The van der Waals surface area contributed by atoms with Gasteiger partial charge in [-0.15, -0.1) is 0 Å². The molecule has 98 valence electrons. The predicted octanol–water partition coefficient (Wildman–Crippen LogP) is 3.65. The highest BCUT2D eigenvalue weighted by molar-refractivity contribution is 7.80. The molecule has 0 radical (unpaired) electrons. The quantitative estimate of drug-likeness (QED) is 0.842. The topological polar surface area (TPSA) is 35.2 Å². The minimum atomic E-state index is 0.163. The lowest BCUT2D eigenvalue weighted by molar-refractivity contribution is 0.334. The second kappa shape index (κ2) is 6.19. The molecule has 0 aromatic heterocycles. The van der Waals surface area contributed by atoms with Crippen LogP contribution in [0.25, 0.3) is 0 Å². The standard InChI is InChI=1S/C15H21NOS/c1-17-13-10-6-5-9-12(13)14(15(16)18)11-7-3-2-4-8-11/h5-6,9-11,14H,2-4,7-8H2,1H3,(H2,16,18). The third-order valence-corrected chi connectivity index (χ3v) is 4.16. The van der Waals surface area contributed by atoms with E-state index in [0.29, 0.717) is 10.9 Å². The molecular formula is C15H21NOS. The minimum Gasteiger partial charge on any atom is -0.496 e. The largest absolute Gasteiger partial charge is 0.496 e. The van der Waals surface area contributed by atoms with Crippen LogP contribution in [-0.4, -0.2) is 12.1 Å². The Kier molecular flexibility index (Phi) is 4.59. The van der Waals surface area contributed by atoms with E-state index in [0.717, 1.165) is 11.3 Å². The number of thiocarbonyl (C=S) groups is 1. The van der Waals surface area contributed by atoms with Crippen molar-refractivity contribution < 1.29 is 4.74 Å². The highest BCUT2D eigenvalue weighted by Crippen LogP contribution is 2.39. The smallest absolute Gasteiger partial charge is 0.122 e. The molecule has 1 aliphatic rings. The number of hydrogen-bond donors (Lipinski definition) is 1. The first kappa shape index (κ1) is 13.3. The van der Waals surface area contributed by atoms with Crippen LogP contribution in [0.15, 0.2) is 24.3 Å². The minimum absolute atomic E-state index is 0.163. The first-order chi connectivity index (χ1) is 8.74. The van der Waals surface area contributed by atoms with Gasteiger partial charge >= 0.3 is 0 Å². The zero-order valence-electron chi connectivity index (χ0n) is 10.9. The second-order valence-electron chi connectivity index (χ2n) is 5.02. The Hall–Kier alpha value is -1.09. The zero-order valence-corrected chi connectivity index (χ0v) is 11.7. The molecule has 0 saturated heterocycles. The summed E-state index contributed by atoms with van der Waals surface area (Å²) in [6.07, 6.45) is 6.37. The number of methoxy groups -OCH3 is 1. The molecule has 0 amide bonds. The van der Waals surface area contributed by atoms with Gasteiger partial charge in [-0.25, -0.2) is 0 Å². The van der Waals surface area contributed by atoms with E-state index in [-0.39, 0.29) is 5.92 Å². The van der Waals surface area contributed by atoms with Crippen LogP contribution in [0.4, 0.5) is 0 Å². The lowest BCUT2D eigenvalue weighted by atomic mass is 9.76. The molecule has 0 heterocycles. The first-order valence-corrected chi connectivity index (χ1v) is 7.07. The fourth-order valence-corrected chi connectivity index (χ4v) is 3.35. The van der Waals surface area contributed by atoms with E-state index in [1.807, 2.05) is 18.2 Å². The van der Waals surface area contributed by atoms with Gasteiger partial charge in [0.2, 0.25) is 0 Å². The lowest BCUT2D eigenvalue weighted by Gasteiger charge is -2.30. The number of nitrogens with two attached hydrogens (primary N) is 1. The van der Waals surface area contributed by atoms with Gasteiger partial charge in [0, 0.05) is 11.5 Å². The second-order valence-corrected chi connectivity index (χ2v) is 5.49. The van der Waals surface area contributed by atoms with E-state index in [9.17, 15) is 0 Å². The lowest BCUT2D eigenvalue weighted by Crippen LogP contribution is -2.28. The van der Waals surface area contributed by atoms with E-state index < -0.39 is 0 Å². The van der Waals surface area contributed by atoms with Crippen molar-refractivity contribution in [1.29, 1.82) is 0 Å². The van der Waals surface area contributed by atoms with Crippen LogP contribution in [0.3, 0.4) is 0 Å². The van der Waals surface area contributed by atoms with Crippen molar-refractivity contribution in [3.8, 4) is 5.75 Å². The zero-order chi connectivity index (χ0) is 13.0. The van der Waals surface area contributed by atoms with Gasteiger partial charge in [-0.1, -0.05) is 49.7 Å². The third-order valence-electron chi connectivity index (χ3n) is 3.90. The van der Waals surface area contributed by atoms with E-state index in [1.54, 1.807) is 7.11 Å². The number of rotatable bonds is 4. The number of hydrogen-bond acceptors (Lipinski definition) is 2. The van der Waals surface area contributed by atoms with Gasteiger partial charge < -0.3 is 10.5 Å². The van der Waals surface area contributed by atoms with E-state index >= 15 is 0 Å². The van der Waals surface area contributed by atoms with Gasteiger partial charge in [-0.2, -0.15) is 0 Å². The Bertz CT molecular complexity index is 413. The summed E-state index contributed by atoms with van der Waals surface area (Å²) in [5, 5.41) is 0. The molecule has 2 rings (SSSR count). The molecule has 1 atom stereocenters. The summed E-state index contributed by atoms with van der Waals surface area (Å²) in [7, 11) is 1.70. The average Bonchev–Trinajstić information content (AvgIpc) is 2.40. The molecule has 0 spiro atoms. The van der Waals surface area contributed by atoms with Gasteiger partial charge in [0.15, 0.2) is 0 Å². The number of para-hydroxylation sites is 1. The Morgan fingerprint density at radius 1 is 1.28 bits per heavy atom. The van der Waals surface area contributed by atoms with Crippen molar-refractivity contribution >= 4 is 17.2 Å². The van der Waals surface area contributed by atoms with Crippen LogP contribution in [0.2, 0.25) is 0 Å². The molecule has 1 saturated carbocycles. The van der Waals surface area contributed by atoms with Crippen molar-refractivity contribution in [3.63, 3.8) is 0 Å². The molecule has 2 nitrogen and oxygen atoms in total. The fraction of sp³-hybridized carbons (Fsp3) is 0.533. The molecule has 1 aromatic rings. The molecule has 0 aliphatic heterocycles. The molecule has 1 aliphatic carbocycles. The summed E-state index contributed by atoms with van der Waals surface area (Å²) in [5.74, 6) is 1.64. The average molecular weight is 263 g/mol. The van der Waals surface area contributed by atoms with Gasteiger partial charge in [-0.3, -0.25) is 0 Å². The van der Waals surface area contributed by atoms with Crippen LogP contribution >= 0.6 is 12.2 Å². The van der Waals surface area contributed by atoms with Crippen molar-refractivity contribution in [1.82, 2.24) is 0 Å². The molecular weight excluding hydrogens is 242 g/mol. The first-order valence-electron chi connectivity index (χ1n) is 6.66. The van der Waals surface area contributed by atoms with Crippen LogP contribution in [0, 0.1) is 5.92 Å². The Morgan fingerprint density at radius 2 is 1.94 bits per heavy atom. The van der Waals surface area contributed by atoms with Crippen LogP contribution in [-0.2, 0) is 0 Å². The maximum atomic E-state index is 6.00. The van der Waals surface area contributed by atoms with E-state index in [2.05, 4.69) is 6.07 Å². The van der Waals surface area contributed by atoms with Crippen LogP contribution in [0.5, 0.6) is 5.75 Å². The van der Waals surface area contributed by atoms with Gasteiger partial charge in [-0.05, 0) is 24.8 Å². The molecule has 1 aromatic carbocycles. The van der Waals surface area contributed by atoms with Crippen molar-refractivity contribution in [3.05, 3.63) is 29.8 Å². The Labute approximate surface area is 115 Å². The highest BCUT2D eigenvalue weighted by atomic mass is 32.1. The van der Waals surface area contributed by atoms with Crippen molar-refractivity contribution in [2.75, 3.05) is 7.11 Å². The number of ether oxygens (including phenoxy) is 1. The van der Waals surface area contributed by atoms with Crippen molar-refractivity contribution in [2.45, 2.75) is 38.0 Å². The van der Waals surface area contributed by atoms with Gasteiger partial charge in [0.25, 0.3) is 0 Å². The molecule has 2 N–H and O–H groups in total. The molecule has 0 bridgehead atoms. The van der Waals surface area contributed by atoms with Crippen molar-refractivity contribution in [2.24, 2.45) is 11.7 Å². The van der Waals surface area contributed by atoms with E-state index in [1.165, 1.54) is 32.1 Å². The Morgan fingerprint density at radius 3 is 2.56 bits per heavy atom. The number of benzene rings is 1. The van der Waals surface area contributed by atoms with E-state index in [4.69, 9.17) is 22.7 Å². The van der Waals surface area contributed by atoms with Crippen LogP contribution in [0.1, 0.15) is 43.6 Å². The summed E-state index contributed by atoms with van der Waals surface area (Å²) in [4.78, 5) is 0.603.